The molecule has 0 saturated carbocycles. The number of rotatable bonds is 3. The van der Waals surface area contributed by atoms with Gasteiger partial charge in [-0.05, 0) is 50.1 Å². The SMILES string of the molecule is Cc1ccc(N=Nc2ccc3c(S(=O)(=O)O)cc(C)c(N)c3c2O)c(C)c1. The fourth-order valence-corrected chi connectivity index (χ4v) is 3.70. The van der Waals surface area contributed by atoms with Crippen molar-refractivity contribution in [3.05, 3.63) is 53.1 Å². The van der Waals surface area contributed by atoms with Crippen LogP contribution in [0.3, 0.4) is 0 Å². The zero-order valence-corrected chi connectivity index (χ0v) is 15.9. The molecular formula is C19H19N3O4S. The quantitative estimate of drug-likeness (QED) is 0.342. The molecule has 140 valence electrons. The van der Waals surface area contributed by atoms with Gasteiger partial charge in [0, 0.05) is 11.1 Å². The van der Waals surface area contributed by atoms with Crippen molar-refractivity contribution in [1.82, 2.24) is 0 Å². The van der Waals surface area contributed by atoms with Crippen LogP contribution in [0.2, 0.25) is 0 Å². The molecule has 0 aliphatic rings. The van der Waals surface area contributed by atoms with E-state index in [-0.39, 0.29) is 32.8 Å². The molecule has 0 unspecified atom stereocenters. The van der Waals surface area contributed by atoms with E-state index in [4.69, 9.17) is 5.73 Å². The van der Waals surface area contributed by atoms with E-state index in [2.05, 4.69) is 10.2 Å². The first-order valence-corrected chi connectivity index (χ1v) is 9.55. The summed E-state index contributed by atoms with van der Waals surface area (Å²) in [6, 6.07) is 9.82. The number of phenolic OH excluding ortho intramolecular Hbond substituents is 1. The first-order chi connectivity index (χ1) is 12.6. The molecule has 0 aliphatic carbocycles. The van der Waals surface area contributed by atoms with E-state index >= 15 is 0 Å². The van der Waals surface area contributed by atoms with Crippen molar-refractivity contribution in [3.8, 4) is 5.75 Å². The maximum atomic E-state index is 11.7. The number of hydrogen-bond donors (Lipinski definition) is 3. The van der Waals surface area contributed by atoms with Crippen molar-refractivity contribution >= 4 is 38.0 Å². The molecule has 0 radical (unpaired) electrons. The molecule has 3 aromatic carbocycles. The van der Waals surface area contributed by atoms with Gasteiger partial charge in [-0.25, -0.2) is 0 Å². The molecule has 7 nitrogen and oxygen atoms in total. The minimum Gasteiger partial charge on any atom is -0.505 e. The van der Waals surface area contributed by atoms with E-state index in [1.807, 2.05) is 32.0 Å². The van der Waals surface area contributed by atoms with Crippen molar-refractivity contribution in [1.29, 1.82) is 0 Å². The number of aryl methyl sites for hydroxylation is 3. The third-order valence-electron chi connectivity index (χ3n) is 4.36. The van der Waals surface area contributed by atoms with E-state index in [9.17, 15) is 18.1 Å². The van der Waals surface area contributed by atoms with Crippen molar-refractivity contribution in [2.45, 2.75) is 25.7 Å². The second kappa shape index (κ2) is 6.64. The molecule has 0 bridgehead atoms. The predicted octanol–water partition coefficient (Wildman–Crippen LogP) is 4.71. The lowest BCUT2D eigenvalue weighted by atomic mass is 10.0. The Labute approximate surface area is 156 Å². The predicted molar refractivity (Wildman–Crippen MR) is 105 cm³/mol. The fraction of sp³-hybridized carbons (Fsp3) is 0.158. The maximum Gasteiger partial charge on any atom is 0.295 e. The lowest BCUT2D eigenvalue weighted by Crippen LogP contribution is -2.02. The smallest absolute Gasteiger partial charge is 0.295 e. The normalized spacial score (nSPS) is 12.1. The van der Waals surface area contributed by atoms with Crippen LogP contribution in [0.1, 0.15) is 16.7 Å². The van der Waals surface area contributed by atoms with Gasteiger partial charge in [0.1, 0.15) is 10.6 Å². The minimum atomic E-state index is -4.48. The number of hydrogen-bond acceptors (Lipinski definition) is 6. The maximum absolute atomic E-state index is 11.7. The Morgan fingerprint density at radius 3 is 2.19 bits per heavy atom. The van der Waals surface area contributed by atoms with E-state index in [1.54, 1.807) is 6.92 Å². The largest absolute Gasteiger partial charge is 0.505 e. The number of nitrogen functional groups attached to an aromatic ring is 1. The third-order valence-corrected chi connectivity index (χ3v) is 5.25. The van der Waals surface area contributed by atoms with Gasteiger partial charge in [0.2, 0.25) is 0 Å². The summed E-state index contributed by atoms with van der Waals surface area (Å²) in [6.07, 6.45) is 0. The Bertz CT molecular complexity index is 1200. The van der Waals surface area contributed by atoms with Crippen LogP contribution in [-0.4, -0.2) is 18.1 Å². The molecule has 0 atom stereocenters. The van der Waals surface area contributed by atoms with E-state index in [1.165, 1.54) is 18.2 Å². The number of azo groups is 1. The highest BCUT2D eigenvalue weighted by Crippen LogP contribution is 2.42. The molecule has 0 spiro atoms. The number of aromatic hydroxyl groups is 1. The summed E-state index contributed by atoms with van der Waals surface area (Å²) in [5, 5.41) is 19.1. The number of nitrogens with two attached hydrogens (primary N) is 1. The number of fused-ring (bicyclic) bond motifs is 1. The van der Waals surface area contributed by atoms with E-state index in [0.717, 1.165) is 11.1 Å². The summed E-state index contributed by atoms with van der Waals surface area (Å²) < 4.78 is 32.8. The van der Waals surface area contributed by atoms with E-state index in [0.29, 0.717) is 11.3 Å². The zero-order chi connectivity index (χ0) is 19.9. The lowest BCUT2D eigenvalue weighted by Gasteiger charge is -2.12. The highest BCUT2D eigenvalue weighted by atomic mass is 32.2. The molecule has 3 rings (SSSR count). The van der Waals surface area contributed by atoms with Crippen LogP contribution in [0.5, 0.6) is 5.75 Å². The van der Waals surface area contributed by atoms with Gasteiger partial charge in [0.05, 0.1) is 11.1 Å². The Morgan fingerprint density at radius 2 is 1.56 bits per heavy atom. The molecule has 4 N–H and O–H groups in total. The van der Waals surface area contributed by atoms with Gasteiger partial charge in [-0.15, -0.1) is 5.11 Å². The molecular weight excluding hydrogens is 366 g/mol. The van der Waals surface area contributed by atoms with Gasteiger partial charge in [0.15, 0.2) is 5.75 Å². The molecule has 27 heavy (non-hydrogen) atoms. The summed E-state index contributed by atoms with van der Waals surface area (Å²) in [7, 11) is -4.48. The molecule has 0 aliphatic heterocycles. The summed E-state index contributed by atoms with van der Waals surface area (Å²) in [4.78, 5) is -0.322. The van der Waals surface area contributed by atoms with Gasteiger partial charge in [0.25, 0.3) is 10.1 Å². The van der Waals surface area contributed by atoms with Gasteiger partial charge >= 0.3 is 0 Å². The third kappa shape index (κ3) is 3.49. The average molecular weight is 385 g/mol. The highest BCUT2D eigenvalue weighted by Gasteiger charge is 2.20. The first-order valence-electron chi connectivity index (χ1n) is 8.11. The Morgan fingerprint density at radius 1 is 0.926 bits per heavy atom. The topological polar surface area (TPSA) is 125 Å². The summed E-state index contributed by atoms with van der Waals surface area (Å²) in [6.45, 7) is 5.47. The van der Waals surface area contributed by atoms with Crippen LogP contribution in [0.4, 0.5) is 17.1 Å². The van der Waals surface area contributed by atoms with Crippen molar-refractivity contribution in [2.75, 3.05) is 5.73 Å². The van der Waals surface area contributed by atoms with Crippen molar-refractivity contribution in [2.24, 2.45) is 10.2 Å². The number of phenols is 1. The molecule has 0 amide bonds. The number of benzene rings is 3. The first kappa shape index (κ1) is 18.8. The minimum absolute atomic E-state index is 0.111. The van der Waals surface area contributed by atoms with Gasteiger partial charge in [-0.3, -0.25) is 4.55 Å². The fourth-order valence-electron chi connectivity index (χ4n) is 2.93. The van der Waals surface area contributed by atoms with Crippen LogP contribution in [0.15, 0.2) is 51.5 Å². The molecule has 3 aromatic rings. The van der Waals surface area contributed by atoms with Crippen LogP contribution in [0.25, 0.3) is 10.8 Å². The number of anilines is 1. The van der Waals surface area contributed by atoms with Gasteiger partial charge in [-0.1, -0.05) is 23.8 Å². The molecule has 8 heteroatoms. The molecule has 0 aromatic heterocycles. The van der Waals surface area contributed by atoms with Gasteiger partial charge in [-0.2, -0.15) is 13.5 Å². The number of nitrogens with zero attached hydrogens (tertiary/aromatic N) is 2. The molecule has 0 saturated heterocycles. The van der Waals surface area contributed by atoms with Crippen LogP contribution in [-0.2, 0) is 10.1 Å². The average Bonchev–Trinajstić information content (AvgIpc) is 2.57. The monoisotopic (exact) mass is 385 g/mol. The Kier molecular flexibility index (Phi) is 4.63. The Hall–Kier alpha value is -2.97. The van der Waals surface area contributed by atoms with Crippen molar-refractivity contribution in [3.63, 3.8) is 0 Å². The second-order valence-corrected chi connectivity index (χ2v) is 7.82. The highest BCUT2D eigenvalue weighted by molar-refractivity contribution is 7.86. The lowest BCUT2D eigenvalue weighted by molar-refractivity contribution is 0.482. The van der Waals surface area contributed by atoms with Crippen LogP contribution >= 0.6 is 0 Å². The molecule has 0 fully saturated rings. The molecule has 0 heterocycles. The van der Waals surface area contributed by atoms with Crippen LogP contribution in [0, 0.1) is 20.8 Å². The standard InChI is InChI=1S/C19H19N3O4S/c1-10-4-6-14(11(2)8-10)21-22-15-7-5-13-16(27(24,25)26)9-12(3)18(20)17(13)19(15)23/h4-9,23H,20H2,1-3H3,(H,24,25,26). The zero-order valence-electron chi connectivity index (χ0n) is 15.1. The summed E-state index contributed by atoms with van der Waals surface area (Å²) in [5.74, 6) is -0.299. The second-order valence-electron chi connectivity index (χ2n) is 6.43. The summed E-state index contributed by atoms with van der Waals surface area (Å²) >= 11 is 0. The van der Waals surface area contributed by atoms with Gasteiger partial charge < -0.3 is 10.8 Å². The van der Waals surface area contributed by atoms with Crippen LogP contribution < -0.4 is 5.73 Å². The summed E-state index contributed by atoms with van der Waals surface area (Å²) in [5.41, 5.74) is 9.48. The Balaban J connectivity index is 2.21. The van der Waals surface area contributed by atoms with Crippen molar-refractivity contribution < 1.29 is 18.1 Å². The van der Waals surface area contributed by atoms with E-state index < -0.39 is 10.1 Å².